The van der Waals surface area contributed by atoms with Crippen LogP contribution in [0.15, 0.2) is 181 Å². The molecule has 0 radical (unpaired) electrons. The highest BCUT2D eigenvalue weighted by Gasteiger charge is 2.35. The Morgan fingerprint density at radius 1 is 0.378 bits per heavy atom. The number of fused-ring (bicyclic) bond motifs is 5. The van der Waals surface area contributed by atoms with Gasteiger partial charge in [0.2, 0.25) is 29.5 Å². The van der Waals surface area contributed by atoms with Gasteiger partial charge in [0.15, 0.2) is 28.2 Å². The lowest BCUT2D eigenvalue weighted by molar-refractivity contribution is -0.119. The van der Waals surface area contributed by atoms with Crippen molar-refractivity contribution >= 4 is 176 Å². The van der Waals surface area contributed by atoms with Crippen LogP contribution in [0.1, 0.15) is 194 Å². The Balaban J connectivity index is 0.000000112. The van der Waals surface area contributed by atoms with Gasteiger partial charge in [-0.1, -0.05) is 45.0 Å². The minimum absolute atomic E-state index is 0.0683. The van der Waals surface area contributed by atoms with Gasteiger partial charge in [0.1, 0.15) is 63.9 Å². The summed E-state index contributed by atoms with van der Waals surface area (Å²) in [5, 5.41) is 73.2. The first-order valence-electron chi connectivity index (χ1n) is 49.6. The van der Waals surface area contributed by atoms with Crippen molar-refractivity contribution in [1.82, 2.24) is 130 Å². The molecule has 762 valence electrons. The molecule has 17 N–H and O–H groups in total. The third kappa shape index (κ3) is 24.1. The number of nitrogens with one attached hydrogen (secondary N) is 17. The number of allylic oxidation sites excluding steroid dienone is 5. The average Bonchev–Trinajstić information content (AvgIpc) is 1.65. The molecule has 46 nitrogen and oxygen atoms in total. The number of carbonyl (C=O) groups is 10. The molecule has 12 fully saturated rings. The van der Waals surface area contributed by atoms with Gasteiger partial charge in [0.25, 0.3) is 5.91 Å². The molecule has 0 bridgehead atoms. The summed E-state index contributed by atoms with van der Waals surface area (Å²) in [5.41, 5.74) is 13.5. The molecule has 24 rings (SSSR count). The molecule has 7 aliphatic heterocycles. The quantitative estimate of drug-likeness (QED) is 0.0264. The molecule has 6 aliphatic carbocycles. The molecule has 0 spiro atoms. The molecular weight excluding hydrogens is 1890 g/mol. The van der Waals surface area contributed by atoms with Gasteiger partial charge in [-0.3, -0.25) is 55.0 Å². The highest BCUT2D eigenvalue weighted by atomic mass is 16.2. The van der Waals surface area contributed by atoms with Gasteiger partial charge in [-0.15, -0.1) is 0 Å². The van der Waals surface area contributed by atoms with Gasteiger partial charge >= 0.3 is 24.1 Å². The van der Waals surface area contributed by atoms with Gasteiger partial charge in [-0.05, 0) is 188 Å². The highest BCUT2D eigenvalue weighted by Crippen LogP contribution is 2.38. The van der Waals surface area contributed by atoms with E-state index in [4.69, 9.17) is 0 Å². The number of hydrogen-bond acceptors (Lipinski definition) is 27. The lowest BCUT2D eigenvalue weighted by Crippen LogP contribution is -2.43. The first kappa shape index (κ1) is 97.7. The van der Waals surface area contributed by atoms with Crippen LogP contribution >= 0.6 is 0 Å². The van der Waals surface area contributed by atoms with Crippen LogP contribution in [0, 0.1) is 5.92 Å². The summed E-state index contributed by atoms with van der Waals surface area (Å²) in [6.07, 6.45) is 44.1. The average molecular weight is 2000 g/mol. The summed E-state index contributed by atoms with van der Waals surface area (Å²) in [6.45, 7) is 29.9. The smallest absolute Gasteiger partial charge is 0.323 e. The molecule has 0 aromatic carbocycles. The standard InChI is InChI=1S/2C21H25N7O2.C20H18N8O2.C20H21N7O2.C20H25N7O2/c1-11(13-3-4-13)24-21(30)27-17-9-18(25-16-5-6-16)28-20(26-17)15(10-22-28)7-14-8-19(29)23-12(14)2;1-13-14(10-19(29)23-13)9-15-12-22-28-18(24-16-5-6-16)11-17(25-20(15)28)26-21(30)27-7-3-2-4-8-27;1-11-12(7-18(29)24-11)6-13-9-23-28-17(25-14-2-3-14)8-16(26-19(13)28)27-20(30)15-10-21-4-5-22-15;1-12-13(9-18(28)22-12)8-14-11-21-27-17(23-15-4-5-15)10-16(24-19(14)27)25-20(29)26-6-2-3-7-26;1-11-12(8-17(28)22-11)7-13-10-21-27-16(23-14-5-6-14)9-15(24-18(13)27)25-19(29)26-20(2,3)4/h7,9-11,13,16,25H,2-6,8H2,1H3,(H,23,29)(H2,24,26,27,30);9,11-12,16,24H,1-8,10H2,(H,23,29)(H,25,26,30);4-6,8-10,14,25H,1-3,7H2,(H,24,29)(H,26,27,30);2-3,8,10-11,15,23H,1,4-7,9H2,(H,22,28)(H,24,25,29);7,9-10,14,23H,1,5-6,8H2,2-4H3,(H,22,28)(H2,24,25,26,29)/b14-7+;14-9+;12-6+;13-8+;12-7+/t11-;;;;/m0..../s1. The Hall–Kier alpha value is -17.8. The van der Waals surface area contributed by atoms with E-state index in [1.165, 1.54) is 25.0 Å². The van der Waals surface area contributed by atoms with Crippen LogP contribution in [0.2, 0.25) is 0 Å². The number of likely N-dealkylation sites (tertiary alicyclic amines) is 1. The van der Waals surface area contributed by atoms with E-state index in [1.807, 2.05) is 81.2 Å². The van der Waals surface area contributed by atoms with E-state index in [0.717, 1.165) is 188 Å². The van der Waals surface area contributed by atoms with Crippen molar-refractivity contribution in [2.75, 3.05) is 79.3 Å². The molecule has 1 atom stereocenters. The number of nitrogens with zero attached hydrogens (tertiary/aromatic N) is 19. The second-order valence-electron chi connectivity index (χ2n) is 39.7. The van der Waals surface area contributed by atoms with E-state index in [-0.39, 0.29) is 103 Å². The van der Waals surface area contributed by atoms with Crippen LogP contribution in [-0.4, -0.2) is 220 Å². The summed E-state index contributed by atoms with van der Waals surface area (Å²) in [6, 6.07) is 10.2. The third-order valence-electron chi connectivity index (χ3n) is 25.9. The zero-order valence-electron chi connectivity index (χ0n) is 82.2. The fourth-order valence-electron chi connectivity index (χ4n) is 17.2. The fourth-order valence-corrected chi connectivity index (χ4v) is 17.2. The predicted molar refractivity (Wildman–Crippen MR) is 558 cm³/mol. The summed E-state index contributed by atoms with van der Waals surface area (Å²) in [5.74, 6) is 5.77. The van der Waals surface area contributed by atoms with Crippen molar-refractivity contribution in [3.8, 4) is 0 Å². The first-order chi connectivity index (χ1) is 71.3. The van der Waals surface area contributed by atoms with Crippen LogP contribution in [0.25, 0.3) is 58.6 Å². The van der Waals surface area contributed by atoms with Gasteiger partial charge in [-0.25, -0.2) is 49.1 Å². The Bertz CT molecular complexity index is 7510. The number of aromatic nitrogens is 17. The number of hydrogen-bond donors (Lipinski definition) is 17. The Labute approximate surface area is 847 Å². The molecule has 0 unspecified atom stereocenters. The monoisotopic (exact) mass is 2000 g/mol. The van der Waals surface area contributed by atoms with Crippen molar-refractivity contribution in [3.63, 3.8) is 0 Å². The van der Waals surface area contributed by atoms with E-state index in [0.29, 0.717) is 135 Å². The minimum Gasteiger partial charge on any atom is -0.367 e. The highest BCUT2D eigenvalue weighted by molar-refractivity contribution is 6.03. The van der Waals surface area contributed by atoms with E-state index in [2.05, 4.69) is 184 Å². The summed E-state index contributed by atoms with van der Waals surface area (Å²) < 4.78 is 8.60. The van der Waals surface area contributed by atoms with Gasteiger partial charge in [-0.2, -0.15) is 48.1 Å². The zero-order valence-corrected chi connectivity index (χ0v) is 82.2. The molecule has 14 amide bonds. The predicted octanol–water partition coefficient (Wildman–Crippen LogP) is 11.9. The topological polar surface area (TPSA) is 558 Å². The summed E-state index contributed by atoms with van der Waals surface area (Å²) in [7, 11) is 0. The Morgan fingerprint density at radius 3 is 0.953 bits per heavy atom. The number of piperidine rings is 1. The maximum atomic E-state index is 12.7. The van der Waals surface area contributed by atoms with Gasteiger partial charge < -0.3 is 78.9 Å². The van der Waals surface area contributed by atoms with E-state index in [1.54, 1.807) is 82.7 Å². The number of amides is 14. The van der Waals surface area contributed by atoms with Gasteiger partial charge in [0, 0.05) is 167 Å². The molecule has 18 heterocycles. The Kier molecular flexibility index (Phi) is 27.4. The molecule has 6 saturated carbocycles. The van der Waals surface area contributed by atoms with E-state index < -0.39 is 5.91 Å². The van der Waals surface area contributed by atoms with Crippen molar-refractivity contribution in [3.05, 3.63) is 215 Å². The van der Waals surface area contributed by atoms with Crippen molar-refractivity contribution in [2.24, 2.45) is 5.92 Å². The van der Waals surface area contributed by atoms with Crippen LogP contribution in [-0.2, 0) is 24.0 Å². The molecule has 11 aromatic heterocycles. The Morgan fingerprint density at radius 2 is 0.676 bits per heavy atom. The summed E-state index contributed by atoms with van der Waals surface area (Å²) >= 11 is 0. The second-order valence-corrected chi connectivity index (χ2v) is 39.7. The molecule has 46 heteroatoms. The first-order valence-corrected chi connectivity index (χ1v) is 49.6. The largest absolute Gasteiger partial charge is 0.367 e. The normalized spacial score (nSPS) is 19.5. The molecule has 13 aliphatic rings. The van der Waals surface area contributed by atoms with Crippen molar-refractivity contribution in [1.29, 1.82) is 0 Å². The molecule has 6 saturated heterocycles. The lowest BCUT2D eigenvalue weighted by atomic mass is 10.1. The number of urea groups is 4. The zero-order chi connectivity index (χ0) is 103. The number of rotatable bonds is 23. The van der Waals surface area contributed by atoms with Crippen LogP contribution < -0.4 is 90.4 Å². The number of carbonyl (C=O) groups excluding carboxylic acids is 10. The van der Waals surface area contributed by atoms with E-state index >= 15 is 0 Å². The summed E-state index contributed by atoms with van der Waals surface area (Å²) in [4.78, 5) is 155. The van der Waals surface area contributed by atoms with Gasteiger partial charge in [0.05, 0.1) is 69.3 Å². The van der Waals surface area contributed by atoms with Crippen molar-refractivity contribution < 1.29 is 47.9 Å². The maximum Gasteiger partial charge on any atom is 0.323 e. The number of anilines is 10. The second kappa shape index (κ2) is 41.5. The van der Waals surface area contributed by atoms with Crippen LogP contribution in [0.3, 0.4) is 0 Å². The SMILES string of the molecule is C=C1NC(=O)C/C1=C\c1cnn2c(NC3CC3)cc(NC(=O)N3CC=CC3)nc12.C=C1NC(=O)C/C1=C\c1cnn2c(NC3CC3)cc(NC(=O)N3CCCCC3)nc12.C=C1NC(=O)C/C1=C\c1cnn2c(NC3CC3)cc(NC(=O)NC(C)(C)C)nc12.C=C1NC(=O)C/C1=C\c1cnn2c(NC3CC3)cc(NC(=O)N[C@@H](C)C3CC3)nc12.C=C1NC(=O)C/C1=C\c1cnn2c(NC3CC3)cc(NC(=O)c3cnccn3)nc12. The van der Waals surface area contributed by atoms with Crippen LogP contribution in [0.5, 0.6) is 0 Å². The lowest BCUT2D eigenvalue weighted by Gasteiger charge is -2.26. The molecule has 11 aromatic rings. The van der Waals surface area contributed by atoms with E-state index in [9.17, 15) is 47.9 Å². The van der Waals surface area contributed by atoms with Crippen molar-refractivity contribution in [2.45, 2.75) is 198 Å². The van der Waals surface area contributed by atoms with Crippen LogP contribution in [0.4, 0.5) is 77.4 Å². The maximum absolute atomic E-state index is 12.7. The molecular formula is C102H114N36O10. The molecule has 148 heavy (non-hydrogen) atoms. The fraction of sp³-hybridized carbons (Fsp3) is 0.353. The minimum atomic E-state index is -0.407. The third-order valence-corrected chi connectivity index (χ3v) is 25.9.